The number of thioether (sulfide) groups is 1. The first-order chi connectivity index (χ1) is 15.5. The Balaban J connectivity index is 1.46. The van der Waals surface area contributed by atoms with Crippen LogP contribution in [0.5, 0.6) is 0 Å². The third kappa shape index (κ3) is 4.77. The zero-order chi connectivity index (χ0) is 22.7. The van der Waals surface area contributed by atoms with Gasteiger partial charge in [0.05, 0.1) is 18.4 Å². The monoisotopic (exact) mass is 491 g/mol. The number of nitrogens with two attached hydrogens (primary N) is 1. The molecule has 3 N–H and O–H groups in total. The number of esters is 1. The highest BCUT2D eigenvalue weighted by atomic mass is 35.5. The number of thiophene rings is 1. The Hall–Kier alpha value is -2.56. The van der Waals surface area contributed by atoms with Crippen molar-refractivity contribution in [3.05, 3.63) is 45.3 Å². The standard InChI is InChI=1S/C21H22ClN5O3S2/c1-30-20(29)17-14-5-3-2-4-6-15(14)32-19(17)24-16(28)11-31-21-26-25-18(27(21)23)12-7-9-13(22)10-8-12/h7-10H,2-6,11,23H2,1H3,(H,24,28). The number of methoxy groups -OCH3 is 1. The Labute approximate surface area is 198 Å². The lowest BCUT2D eigenvalue weighted by molar-refractivity contribution is -0.113. The van der Waals surface area contributed by atoms with Gasteiger partial charge in [-0.3, -0.25) is 4.79 Å². The van der Waals surface area contributed by atoms with E-state index in [9.17, 15) is 9.59 Å². The summed E-state index contributed by atoms with van der Waals surface area (Å²) in [5.41, 5.74) is 2.26. The van der Waals surface area contributed by atoms with Crippen LogP contribution in [-0.2, 0) is 22.4 Å². The van der Waals surface area contributed by atoms with Crippen molar-refractivity contribution in [1.82, 2.24) is 14.9 Å². The number of aromatic nitrogens is 3. The molecule has 0 saturated carbocycles. The minimum Gasteiger partial charge on any atom is -0.465 e. The van der Waals surface area contributed by atoms with Gasteiger partial charge in [0, 0.05) is 15.5 Å². The van der Waals surface area contributed by atoms with Crippen molar-refractivity contribution < 1.29 is 14.3 Å². The Morgan fingerprint density at radius 3 is 2.72 bits per heavy atom. The summed E-state index contributed by atoms with van der Waals surface area (Å²) < 4.78 is 6.33. The van der Waals surface area contributed by atoms with Crippen LogP contribution < -0.4 is 11.2 Å². The molecule has 8 nitrogen and oxygen atoms in total. The maximum absolute atomic E-state index is 12.7. The van der Waals surface area contributed by atoms with Crippen molar-refractivity contribution in [2.45, 2.75) is 37.3 Å². The molecule has 3 aromatic rings. The van der Waals surface area contributed by atoms with Crippen LogP contribution in [0.15, 0.2) is 29.4 Å². The summed E-state index contributed by atoms with van der Waals surface area (Å²) in [6.07, 6.45) is 4.99. The number of hydrogen-bond acceptors (Lipinski definition) is 8. The molecular weight excluding hydrogens is 470 g/mol. The van der Waals surface area contributed by atoms with Crippen LogP contribution in [0.25, 0.3) is 11.4 Å². The van der Waals surface area contributed by atoms with Gasteiger partial charge < -0.3 is 15.9 Å². The molecule has 32 heavy (non-hydrogen) atoms. The van der Waals surface area contributed by atoms with Crippen molar-refractivity contribution in [3.63, 3.8) is 0 Å². The van der Waals surface area contributed by atoms with Crippen molar-refractivity contribution in [2.24, 2.45) is 0 Å². The lowest BCUT2D eigenvalue weighted by Crippen LogP contribution is -2.17. The average molecular weight is 492 g/mol. The highest BCUT2D eigenvalue weighted by Crippen LogP contribution is 2.38. The van der Waals surface area contributed by atoms with Crippen LogP contribution in [-0.4, -0.2) is 39.6 Å². The van der Waals surface area contributed by atoms with Crippen molar-refractivity contribution >= 4 is 51.6 Å². The summed E-state index contributed by atoms with van der Waals surface area (Å²) in [7, 11) is 1.36. The van der Waals surface area contributed by atoms with Gasteiger partial charge in [0.2, 0.25) is 11.1 Å². The van der Waals surface area contributed by atoms with Crippen LogP contribution in [0.2, 0.25) is 5.02 Å². The SMILES string of the molecule is COC(=O)c1c(NC(=O)CSc2nnc(-c3ccc(Cl)cc3)n2N)sc2c1CCCCC2. The first-order valence-corrected chi connectivity index (χ1v) is 12.3. The summed E-state index contributed by atoms with van der Waals surface area (Å²) in [5.74, 6) is 5.99. The predicted molar refractivity (Wildman–Crippen MR) is 127 cm³/mol. The minimum atomic E-state index is -0.415. The summed E-state index contributed by atoms with van der Waals surface area (Å²) in [4.78, 5) is 26.2. The summed E-state index contributed by atoms with van der Waals surface area (Å²) in [6.45, 7) is 0. The topological polar surface area (TPSA) is 112 Å². The second-order valence-corrected chi connectivity index (χ2v) is 9.76. The van der Waals surface area contributed by atoms with Crippen LogP contribution in [0.4, 0.5) is 5.00 Å². The fourth-order valence-corrected chi connectivity index (χ4v) is 5.69. The molecule has 1 aromatic carbocycles. The average Bonchev–Trinajstić information content (AvgIpc) is 3.23. The van der Waals surface area contributed by atoms with Crippen LogP contribution in [0, 0.1) is 0 Å². The Kier molecular flexibility index (Phi) is 7.02. The second-order valence-electron chi connectivity index (χ2n) is 7.28. The number of anilines is 1. The van der Waals surface area contributed by atoms with Gasteiger partial charge in [0.15, 0.2) is 5.82 Å². The van der Waals surface area contributed by atoms with Gasteiger partial charge in [-0.2, -0.15) is 0 Å². The summed E-state index contributed by atoms with van der Waals surface area (Å²) >= 11 is 8.56. The van der Waals surface area contributed by atoms with Gasteiger partial charge in [0.25, 0.3) is 0 Å². The number of nitrogens with one attached hydrogen (secondary N) is 1. The number of nitrogen functional groups attached to an aromatic ring is 1. The van der Waals surface area contributed by atoms with Crippen molar-refractivity contribution in [2.75, 3.05) is 24.0 Å². The van der Waals surface area contributed by atoms with E-state index >= 15 is 0 Å². The number of carbonyl (C=O) groups is 2. The highest BCUT2D eigenvalue weighted by Gasteiger charge is 2.26. The van der Waals surface area contributed by atoms with Gasteiger partial charge in [-0.1, -0.05) is 29.8 Å². The van der Waals surface area contributed by atoms with Crippen LogP contribution in [0.1, 0.15) is 40.1 Å². The largest absolute Gasteiger partial charge is 0.465 e. The van der Waals surface area contributed by atoms with E-state index in [1.165, 1.54) is 34.9 Å². The number of aryl methyl sites for hydroxylation is 1. The smallest absolute Gasteiger partial charge is 0.341 e. The third-order valence-corrected chi connectivity index (χ3v) is 7.57. The van der Waals surface area contributed by atoms with Gasteiger partial charge in [0.1, 0.15) is 5.00 Å². The molecule has 1 amide bonds. The third-order valence-electron chi connectivity index (χ3n) is 5.16. The molecule has 11 heteroatoms. The van der Waals surface area contributed by atoms with Crippen molar-refractivity contribution in [1.29, 1.82) is 0 Å². The number of fused-ring (bicyclic) bond motifs is 1. The molecule has 1 aliphatic rings. The van der Waals surface area contributed by atoms with Gasteiger partial charge >= 0.3 is 5.97 Å². The van der Waals surface area contributed by atoms with E-state index in [-0.39, 0.29) is 11.7 Å². The maximum atomic E-state index is 12.7. The molecule has 0 fully saturated rings. The molecule has 0 radical (unpaired) electrons. The first kappa shape index (κ1) is 22.6. The van der Waals surface area contributed by atoms with E-state index in [4.69, 9.17) is 22.2 Å². The van der Waals surface area contributed by atoms with E-state index < -0.39 is 5.97 Å². The predicted octanol–water partition coefficient (Wildman–Crippen LogP) is 4.16. The zero-order valence-electron chi connectivity index (χ0n) is 17.4. The van der Waals surface area contributed by atoms with Gasteiger partial charge in [-0.25, -0.2) is 9.47 Å². The van der Waals surface area contributed by atoms with Crippen LogP contribution >= 0.6 is 34.7 Å². The van der Waals surface area contributed by atoms with E-state index in [2.05, 4.69) is 15.5 Å². The normalized spacial score (nSPS) is 13.3. The van der Waals surface area contributed by atoms with E-state index in [0.29, 0.717) is 26.6 Å². The Bertz CT molecular complexity index is 1140. The molecule has 0 aliphatic heterocycles. The number of rotatable bonds is 6. The summed E-state index contributed by atoms with van der Waals surface area (Å²) in [5, 5.41) is 12.6. The Morgan fingerprint density at radius 2 is 1.97 bits per heavy atom. The molecule has 0 spiro atoms. The molecule has 0 saturated heterocycles. The van der Waals surface area contributed by atoms with E-state index in [1.54, 1.807) is 24.3 Å². The van der Waals surface area contributed by atoms with E-state index in [1.807, 2.05) is 0 Å². The Morgan fingerprint density at radius 1 is 1.22 bits per heavy atom. The van der Waals surface area contributed by atoms with E-state index in [0.717, 1.165) is 48.1 Å². The fraction of sp³-hybridized carbons (Fsp3) is 0.333. The van der Waals surface area contributed by atoms with Crippen molar-refractivity contribution in [3.8, 4) is 11.4 Å². The second kappa shape index (κ2) is 9.93. The number of benzene rings is 1. The number of hydrogen-bond donors (Lipinski definition) is 2. The first-order valence-electron chi connectivity index (χ1n) is 10.1. The molecule has 0 unspecified atom stereocenters. The quantitative estimate of drug-likeness (QED) is 0.230. The molecular formula is C21H22ClN5O3S2. The highest BCUT2D eigenvalue weighted by molar-refractivity contribution is 7.99. The molecule has 1 aliphatic carbocycles. The number of amides is 1. The molecule has 2 aromatic heterocycles. The molecule has 0 bridgehead atoms. The maximum Gasteiger partial charge on any atom is 0.341 e. The zero-order valence-corrected chi connectivity index (χ0v) is 19.8. The van der Waals surface area contributed by atoms with Crippen LogP contribution in [0.3, 0.4) is 0 Å². The molecule has 2 heterocycles. The summed E-state index contributed by atoms with van der Waals surface area (Å²) in [6, 6.07) is 7.08. The van der Waals surface area contributed by atoms with Gasteiger partial charge in [-0.15, -0.1) is 21.5 Å². The minimum absolute atomic E-state index is 0.0686. The molecule has 4 rings (SSSR count). The number of halogens is 1. The van der Waals surface area contributed by atoms with Gasteiger partial charge in [-0.05, 0) is 55.5 Å². The number of carbonyl (C=O) groups excluding carboxylic acids is 2. The lowest BCUT2D eigenvalue weighted by Gasteiger charge is -2.07. The number of ether oxygens (including phenoxy) is 1. The fourth-order valence-electron chi connectivity index (χ4n) is 3.61. The molecule has 168 valence electrons. The number of nitrogens with zero attached hydrogens (tertiary/aromatic N) is 3. The lowest BCUT2D eigenvalue weighted by atomic mass is 10.1. The molecule has 0 atom stereocenters.